The first kappa shape index (κ1) is 18.9. The van der Waals surface area contributed by atoms with Crippen LogP contribution in [0.25, 0.3) is 0 Å². The minimum atomic E-state index is -3.08. The first-order chi connectivity index (χ1) is 9.83. The van der Waals surface area contributed by atoms with E-state index >= 15 is 0 Å². The predicted octanol–water partition coefficient (Wildman–Crippen LogP) is 2.11. The Morgan fingerprint density at radius 3 is 2.68 bits per heavy atom. The number of carbonyl (C=O) groups is 1. The molecule has 0 aromatic heterocycles. The van der Waals surface area contributed by atoms with E-state index in [2.05, 4.69) is 5.32 Å². The van der Waals surface area contributed by atoms with Crippen LogP contribution in [-0.2, 0) is 20.4 Å². The van der Waals surface area contributed by atoms with Crippen LogP contribution in [0, 0.1) is 5.92 Å². The van der Waals surface area contributed by atoms with Crippen molar-refractivity contribution >= 4 is 33.8 Å². The SMILES string of the molecule is CS(=O)(=O)Cc1cccc(NC(=O)C[C@@H]2CCC[C@H]2N)c1.Cl. The van der Waals surface area contributed by atoms with Crippen LogP contribution < -0.4 is 11.1 Å². The average Bonchev–Trinajstić information content (AvgIpc) is 2.73. The van der Waals surface area contributed by atoms with Gasteiger partial charge in [-0.2, -0.15) is 0 Å². The molecule has 0 bridgehead atoms. The molecule has 0 heterocycles. The molecule has 5 nitrogen and oxygen atoms in total. The van der Waals surface area contributed by atoms with Crippen molar-refractivity contribution in [2.24, 2.45) is 11.7 Å². The second kappa shape index (κ2) is 7.94. The van der Waals surface area contributed by atoms with E-state index in [1.165, 1.54) is 6.26 Å². The van der Waals surface area contributed by atoms with E-state index < -0.39 is 9.84 Å². The summed E-state index contributed by atoms with van der Waals surface area (Å²) in [4.78, 5) is 12.0. The Hall–Kier alpha value is -1.11. The molecule has 7 heteroatoms. The van der Waals surface area contributed by atoms with Gasteiger partial charge >= 0.3 is 0 Å². The number of halogens is 1. The molecule has 1 aliphatic rings. The highest BCUT2D eigenvalue weighted by molar-refractivity contribution is 7.89. The van der Waals surface area contributed by atoms with E-state index in [9.17, 15) is 13.2 Å². The fourth-order valence-corrected chi connectivity index (χ4v) is 3.60. The Labute approximate surface area is 138 Å². The van der Waals surface area contributed by atoms with Gasteiger partial charge in [-0.25, -0.2) is 8.42 Å². The van der Waals surface area contributed by atoms with E-state index in [0.717, 1.165) is 19.3 Å². The number of amides is 1. The Bertz CT molecular complexity index is 619. The smallest absolute Gasteiger partial charge is 0.224 e. The van der Waals surface area contributed by atoms with Crippen molar-refractivity contribution in [2.45, 2.75) is 37.5 Å². The first-order valence-electron chi connectivity index (χ1n) is 7.15. The van der Waals surface area contributed by atoms with Gasteiger partial charge in [0.05, 0.1) is 5.75 Å². The van der Waals surface area contributed by atoms with Gasteiger partial charge < -0.3 is 11.1 Å². The second-order valence-corrected chi connectivity index (χ2v) is 8.02. The lowest BCUT2D eigenvalue weighted by Gasteiger charge is -2.15. The molecule has 1 aromatic carbocycles. The molecule has 0 spiro atoms. The van der Waals surface area contributed by atoms with Crippen LogP contribution in [0.2, 0.25) is 0 Å². The van der Waals surface area contributed by atoms with Gasteiger partial charge in [-0.15, -0.1) is 12.4 Å². The molecule has 1 fully saturated rings. The normalized spacial score (nSPS) is 21.2. The molecular formula is C15H23ClN2O3S. The number of anilines is 1. The Morgan fingerprint density at radius 1 is 1.36 bits per heavy atom. The maximum Gasteiger partial charge on any atom is 0.224 e. The van der Waals surface area contributed by atoms with Crippen LogP contribution in [0.5, 0.6) is 0 Å². The number of rotatable bonds is 5. The minimum Gasteiger partial charge on any atom is -0.327 e. The second-order valence-electron chi connectivity index (χ2n) is 5.88. The van der Waals surface area contributed by atoms with Crippen LogP contribution >= 0.6 is 12.4 Å². The third-order valence-corrected chi connectivity index (χ3v) is 4.66. The van der Waals surface area contributed by atoms with Crippen molar-refractivity contribution in [3.8, 4) is 0 Å². The van der Waals surface area contributed by atoms with Crippen LogP contribution in [-0.4, -0.2) is 26.6 Å². The number of hydrogen-bond acceptors (Lipinski definition) is 4. The van der Waals surface area contributed by atoms with Gasteiger partial charge in [-0.3, -0.25) is 4.79 Å². The highest BCUT2D eigenvalue weighted by Gasteiger charge is 2.26. The van der Waals surface area contributed by atoms with Crippen molar-refractivity contribution in [2.75, 3.05) is 11.6 Å². The van der Waals surface area contributed by atoms with Crippen molar-refractivity contribution in [1.82, 2.24) is 0 Å². The van der Waals surface area contributed by atoms with Crippen molar-refractivity contribution < 1.29 is 13.2 Å². The van der Waals surface area contributed by atoms with Crippen molar-refractivity contribution in [3.05, 3.63) is 29.8 Å². The number of hydrogen-bond donors (Lipinski definition) is 2. The highest BCUT2D eigenvalue weighted by atomic mass is 35.5. The molecule has 1 aromatic rings. The summed E-state index contributed by atoms with van der Waals surface area (Å²) >= 11 is 0. The van der Waals surface area contributed by atoms with Gasteiger partial charge in [-0.05, 0) is 36.5 Å². The number of carbonyl (C=O) groups excluding carboxylic acids is 1. The van der Waals surface area contributed by atoms with Crippen LogP contribution in [0.4, 0.5) is 5.69 Å². The summed E-state index contributed by atoms with van der Waals surface area (Å²) in [5, 5.41) is 2.83. The van der Waals surface area contributed by atoms with Crippen molar-refractivity contribution in [1.29, 1.82) is 0 Å². The first-order valence-corrected chi connectivity index (χ1v) is 9.21. The quantitative estimate of drug-likeness (QED) is 0.854. The Morgan fingerprint density at radius 2 is 2.09 bits per heavy atom. The van der Waals surface area contributed by atoms with Crippen LogP contribution in [0.1, 0.15) is 31.2 Å². The Balaban J connectivity index is 0.00000242. The molecule has 2 rings (SSSR count). The van der Waals surface area contributed by atoms with Gasteiger partial charge in [0.2, 0.25) is 5.91 Å². The van der Waals surface area contributed by atoms with Gasteiger partial charge in [0.1, 0.15) is 0 Å². The van der Waals surface area contributed by atoms with E-state index in [-0.39, 0.29) is 36.0 Å². The lowest BCUT2D eigenvalue weighted by molar-refractivity contribution is -0.117. The summed E-state index contributed by atoms with van der Waals surface area (Å²) in [6.45, 7) is 0. The molecule has 22 heavy (non-hydrogen) atoms. The zero-order valence-electron chi connectivity index (χ0n) is 12.6. The molecule has 1 aliphatic carbocycles. The zero-order chi connectivity index (χ0) is 15.5. The van der Waals surface area contributed by atoms with Gasteiger partial charge in [0, 0.05) is 24.4 Å². The molecule has 3 N–H and O–H groups in total. The largest absolute Gasteiger partial charge is 0.327 e. The predicted molar refractivity (Wildman–Crippen MR) is 90.8 cm³/mol. The van der Waals surface area contributed by atoms with E-state index in [1.807, 2.05) is 0 Å². The molecule has 1 amide bonds. The molecule has 0 radical (unpaired) electrons. The molecule has 0 saturated heterocycles. The summed E-state index contributed by atoms with van der Waals surface area (Å²) in [6.07, 6.45) is 4.70. The number of nitrogens with two attached hydrogens (primary N) is 1. The molecular weight excluding hydrogens is 324 g/mol. The third kappa shape index (κ3) is 5.94. The molecule has 124 valence electrons. The zero-order valence-corrected chi connectivity index (χ0v) is 14.3. The summed E-state index contributed by atoms with van der Waals surface area (Å²) < 4.78 is 22.6. The molecule has 1 saturated carbocycles. The molecule has 0 unspecified atom stereocenters. The topological polar surface area (TPSA) is 89.3 Å². The van der Waals surface area contributed by atoms with Crippen molar-refractivity contribution in [3.63, 3.8) is 0 Å². The van der Waals surface area contributed by atoms with E-state index in [4.69, 9.17) is 5.73 Å². The summed E-state index contributed by atoms with van der Waals surface area (Å²) in [5.74, 6) is 0.169. The van der Waals surface area contributed by atoms with E-state index in [0.29, 0.717) is 17.7 Å². The summed E-state index contributed by atoms with van der Waals surface area (Å²) in [6, 6.07) is 7.07. The summed E-state index contributed by atoms with van der Waals surface area (Å²) in [7, 11) is -3.08. The Kier molecular flexibility index (Phi) is 6.84. The molecule has 0 aliphatic heterocycles. The highest BCUT2D eigenvalue weighted by Crippen LogP contribution is 2.27. The standard InChI is InChI=1S/C15H22N2O3S.ClH/c1-21(19,20)10-11-4-2-6-13(8-11)17-15(18)9-12-5-3-7-14(12)16;/h2,4,6,8,12,14H,3,5,7,9-10,16H2,1H3,(H,17,18);1H/t12-,14+;/m0./s1. The maximum absolute atomic E-state index is 12.0. The monoisotopic (exact) mass is 346 g/mol. The average molecular weight is 347 g/mol. The van der Waals surface area contributed by atoms with Gasteiger partial charge in [0.15, 0.2) is 9.84 Å². The fourth-order valence-electron chi connectivity index (χ4n) is 2.81. The van der Waals surface area contributed by atoms with Crippen LogP contribution in [0.3, 0.4) is 0 Å². The maximum atomic E-state index is 12.0. The minimum absolute atomic E-state index is 0. The van der Waals surface area contributed by atoms with E-state index in [1.54, 1.807) is 24.3 Å². The van der Waals surface area contributed by atoms with Crippen LogP contribution in [0.15, 0.2) is 24.3 Å². The fraction of sp³-hybridized carbons (Fsp3) is 0.533. The van der Waals surface area contributed by atoms with Gasteiger partial charge in [-0.1, -0.05) is 18.6 Å². The summed E-state index contributed by atoms with van der Waals surface area (Å²) in [5.41, 5.74) is 7.27. The lowest BCUT2D eigenvalue weighted by Crippen LogP contribution is -2.28. The third-order valence-electron chi connectivity index (χ3n) is 3.81. The number of benzene rings is 1. The lowest BCUT2D eigenvalue weighted by atomic mass is 10.00. The number of sulfone groups is 1. The van der Waals surface area contributed by atoms with Gasteiger partial charge in [0.25, 0.3) is 0 Å². The molecule has 2 atom stereocenters. The number of nitrogens with one attached hydrogen (secondary N) is 1.